The molecule has 2 N–H and O–H groups in total. The Morgan fingerprint density at radius 2 is 2.37 bits per heavy atom. The van der Waals surface area contributed by atoms with Gasteiger partial charge in [0.1, 0.15) is 0 Å². The molecule has 1 aliphatic rings. The smallest absolute Gasteiger partial charge is 0.317 e. The van der Waals surface area contributed by atoms with Crippen LogP contribution in [0.5, 0.6) is 0 Å². The molecule has 106 valence electrons. The predicted molar refractivity (Wildman–Crippen MR) is 67.2 cm³/mol. The van der Waals surface area contributed by atoms with Gasteiger partial charge in [0.2, 0.25) is 5.89 Å². The van der Waals surface area contributed by atoms with Crippen LogP contribution >= 0.6 is 0 Å². The molecule has 0 spiro atoms. The fourth-order valence-corrected chi connectivity index (χ4v) is 2.20. The third-order valence-corrected chi connectivity index (χ3v) is 3.44. The molecule has 1 atom stereocenters. The maximum absolute atomic E-state index is 11.9. The van der Waals surface area contributed by atoms with E-state index in [1.165, 1.54) is 0 Å². The minimum absolute atomic E-state index is 0.116. The summed E-state index contributed by atoms with van der Waals surface area (Å²) in [6, 6.07) is -0.158. The van der Waals surface area contributed by atoms with E-state index in [0.29, 0.717) is 24.8 Å². The molecule has 1 aromatic rings. The van der Waals surface area contributed by atoms with Crippen molar-refractivity contribution in [1.29, 1.82) is 0 Å². The number of nitrogens with zero attached hydrogens (tertiary/aromatic N) is 3. The third kappa shape index (κ3) is 3.44. The second-order valence-corrected chi connectivity index (χ2v) is 5.47. The van der Waals surface area contributed by atoms with Crippen LogP contribution in [0.25, 0.3) is 0 Å². The summed E-state index contributed by atoms with van der Waals surface area (Å²) in [5, 5.41) is 16.4. The number of hydrogen-bond acceptors (Lipinski definition) is 5. The molecule has 1 saturated heterocycles. The summed E-state index contributed by atoms with van der Waals surface area (Å²) < 4.78 is 4.82. The molecule has 7 nitrogen and oxygen atoms in total. The van der Waals surface area contributed by atoms with Gasteiger partial charge in [0.15, 0.2) is 5.82 Å². The zero-order valence-electron chi connectivity index (χ0n) is 11.5. The van der Waals surface area contributed by atoms with E-state index < -0.39 is 5.60 Å². The van der Waals surface area contributed by atoms with Crippen LogP contribution in [0.15, 0.2) is 4.52 Å². The van der Waals surface area contributed by atoms with Crippen LogP contribution < -0.4 is 5.32 Å². The maximum Gasteiger partial charge on any atom is 0.317 e. The highest BCUT2D eigenvalue weighted by Crippen LogP contribution is 2.26. The Morgan fingerprint density at radius 1 is 1.63 bits per heavy atom. The Bertz CT molecular complexity index is 452. The van der Waals surface area contributed by atoms with Crippen LogP contribution in [-0.2, 0) is 6.54 Å². The maximum atomic E-state index is 11.9. The van der Waals surface area contributed by atoms with E-state index in [-0.39, 0.29) is 18.5 Å². The van der Waals surface area contributed by atoms with Gasteiger partial charge in [-0.1, -0.05) is 5.16 Å². The highest BCUT2D eigenvalue weighted by atomic mass is 16.5. The zero-order valence-corrected chi connectivity index (χ0v) is 11.5. The molecule has 1 aromatic heterocycles. The van der Waals surface area contributed by atoms with Gasteiger partial charge in [-0.15, -0.1) is 0 Å². The second kappa shape index (κ2) is 5.16. The number of aliphatic hydroxyl groups is 1. The van der Waals surface area contributed by atoms with Gasteiger partial charge in [-0.3, -0.25) is 0 Å². The van der Waals surface area contributed by atoms with E-state index in [9.17, 15) is 9.90 Å². The molecule has 0 bridgehead atoms. The quantitative estimate of drug-likeness (QED) is 0.841. The van der Waals surface area contributed by atoms with Crippen molar-refractivity contribution >= 4 is 6.03 Å². The normalized spacial score (nSPS) is 19.8. The number of amides is 2. The third-order valence-electron chi connectivity index (χ3n) is 3.44. The number of carbonyl (C=O) groups is 1. The van der Waals surface area contributed by atoms with Gasteiger partial charge in [0.05, 0.1) is 12.1 Å². The summed E-state index contributed by atoms with van der Waals surface area (Å²) in [5.74, 6) is 1.06. The van der Waals surface area contributed by atoms with Gasteiger partial charge in [0.25, 0.3) is 0 Å². The lowest BCUT2D eigenvalue weighted by atomic mass is 9.91. The SMILES string of the molecule is Cc1nc(CNC(=O)N2CC[C@@H](C(C)(C)O)C2)no1. The highest BCUT2D eigenvalue weighted by molar-refractivity contribution is 5.74. The molecule has 1 fully saturated rings. The first-order valence-electron chi connectivity index (χ1n) is 6.40. The number of urea groups is 1. The minimum Gasteiger partial charge on any atom is -0.390 e. The zero-order chi connectivity index (χ0) is 14.0. The van der Waals surface area contributed by atoms with Crippen LogP contribution in [0.3, 0.4) is 0 Å². The Hall–Kier alpha value is -1.63. The van der Waals surface area contributed by atoms with E-state index in [1.807, 2.05) is 0 Å². The van der Waals surface area contributed by atoms with Crippen molar-refractivity contribution in [3.05, 3.63) is 11.7 Å². The van der Waals surface area contributed by atoms with E-state index in [1.54, 1.807) is 25.7 Å². The molecule has 0 aromatic carbocycles. The molecule has 7 heteroatoms. The highest BCUT2D eigenvalue weighted by Gasteiger charge is 2.35. The van der Waals surface area contributed by atoms with E-state index in [0.717, 1.165) is 6.42 Å². The minimum atomic E-state index is -0.750. The molecule has 2 heterocycles. The number of likely N-dealkylation sites (tertiary alicyclic amines) is 1. The van der Waals surface area contributed by atoms with Crippen molar-refractivity contribution in [2.75, 3.05) is 13.1 Å². The average Bonchev–Trinajstić information content (AvgIpc) is 2.93. The lowest BCUT2D eigenvalue weighted by Gasteiger charge is -2.25. The largest absolute Gasteiger partial charge is 0.390 e. The summed E-state index contributed by atoms with van der Waals surface area (Å²) in [4.78, 5) is 17.7. The Morgan fingerprint density at radius 3 is 2.89 bits per heavy atom. The molecule has 0 unspecified atom stereocenters. The number of hydrogen-bond donors (Lipinski definition) is 2. The number of aryl methyl sites for hydroxylation is 1. The van der Waals surface area contributed by atoms with E-state index in [2.05, 4.69) is 15.5 Å². The van der Waals surface area contributed by atoms with Crippen LogP contribution in [-0.4, -0.2) is 44.9 Å². The monoisotopic (exact) mass is 268 g/mol. The standard InChI is InChI=1S/C12H20N4O3/c1-8-14-10(15-19-8)6-13-11(17)16-5-4-9(7-16)12(2,3)18/h9,18H,4-7H2,1-3H3,(H,13,17)/t9-/m1/s1. The van der Waals surface area contributed by atoms with Crippen LogP contribution in [0, 0.1) is 12.8 Å². The first-order valence-corrected chi connectivity index (χ1v) is 6.40. The molecule has 0 radical (unpaired) electrons. The number of rotatable bonds is 3. The van der Waals surface area contributed by atoms with Gasteiger partial charge >= 0.3 is 6.03 Å². The topological polar surface area (TPSA) is 91.5 Å². The lowest BCUT2D eigenvalue weighted by molar-refractivity contribution is 0.0225. The lowest BCUT2D eigenvalue weighted by Crippen LogP contribution is -2.40. The van der Waals surface area contributed by atoms with Crippen molar-refractivity contribution in [2.24, 2.45) is 5.92 Å². The van der Waals surface area contributed by atoms with Crippen LogP contribution in [0.1, 0.15) is 32.0 Å². The van der Waals surface area contributed by atoms with Crippen molar-refractivity contribution in [1.82, 2.24) is 20.4 Å². The van der Waals surface area contributed by atoms with Gasteiger partial charge in [0, 0.05) is 25.9 Å². The van der Waals surface area contributed by atoms with Crippen molar-refractivity contribution < 1.29 is 14.4 Å². The molecule has 2 amide bonds. The first-order chi connectivity index (χ1) is 8.86. The summed E-state index contributed by atoms with van der Waals surface area (Å²) in [5.41, 5.74) is -0.750. The summed E-state index contributed by atoms with van der Waals surface area (Å²) >= 11 is 0. The summed E-state index contributed by atoms with van der Waals surface area (Å²) in [6.45, 7) is 6.74. The average molecular weight is 268 g/mol. The molecule has 0 aliphatic carbocycles. The van der Waals surface area contributed by atoms with Crippen LogP contribution in [0.2, 0.25) is 0 Å². The summed E-state index contributed by atoms with van der Waals surface area (Å²) in [7, 11) is 0. The molecular formula is C12H20N4O3. The van der Waals surface area contributed by atoms with Gasteiger partial charge in [-0.05, 0) is 20.3 Å². The summed E-state index contributed by atoms with van der Waals surface area (Å²) in [6.07, 6.45) is 0.818. The Balaban J connectivity index is 1.82. The number of aromatic nitrogens is 2. The molecule has 1 aliphatic heterocycles. The molecule has 0 saturated carbocycles. The molecule has 2 rings (SSSR count). The van der Waals surface area contributed by atoms with Gasteiger partial charge in [-0.25, -0.2) is 4.79 Å². The van der Waals surface area contributed by atoms with Crippen molar-refractivity contribution in [3.63, 3.8) is 0 Å². The Kier molecular flexibility index (Phi) is 3.75. The second-order valence-electron chi connectivity index (χ2n) is 5.47. The number of carbonyl (C=O) groups excluding carboxylic acids is 1. The van der Waals surface area contributed by atoms with E-state index >= 15 is 0 Å². The number of nitrogens with one attached hydrogen (secondary N) is 1. The van der Waals surface area contributed by atoms with Gasteiger partial charge in [-0.2, -0.15) is 4.98 Å². The fraction of sp³-hybridized carbons (Fsp3) is 0.750. The Labute approximate surface area is 112 Å². The van der Waals surface area contributed by atoms with Gasteiger partial charge < -0.3 is 19.8 Å². The molecule has 19 heavy (non-hydrogen) atoms. The fourth-order valence-electron chi connectivity index (χ4n) is 2.20. The molecular weight excluding hydrogens is 248 g/mol. The van der Waals surface area contributed by atoms with Crippen molar-refractivity contribution in [3.8, 4) is 0 Å². The predicted octanol–water partition coefficient (Wildman–Crippen LogP) is 0.680. The van der Waals surface area contributed by atoms with E-state index in [4.69, 9.17) is 4.52 Å². The first kappa shape index (κ1) is 13.8. The van der Waals surface area contributed by atoms with Crippen LogP contribution in [0.4, 0.5) is 4.79 Å². The van der Waals surface area contributed by atoms with Crippen molar-refractivity contribution in [2.45, 2.75) is 39.3 Å².